The van der Waals surface area contributed by atoms with E-state index in [1.807, 2.05) is 6.92 Å². The van der Waals surface area contributed by atoms with Crippen molar-refractivity contribution >= 4 is 28.0 Å². The number of nitrogens with one attached hydrogen (secondary N) is 1. The maximum Gasteiger partial charge on any atom is 0.348 e. The molecule has 27 heavy (non-hydrogen) atoms. The molecule has 1 aliphatic heterocycles. The molecule has 1 N–H and O–H groups in total. The van der Waals surface area contributed by atoms with E-state index in [4.69, 9.17) is 13.7 Å². The minimum Gasteiger partial charge on any atom is -0.448 e. The number of esters is 2. The van der Waals surface area contributed by atoms with Crippen molar-refractivity contribution in [2.45, 2.75) is 65.6 Å². The molecule has 1 saturated heterocycles. The van der Waals surface area contributed by atoms with Crippen LogP contribution in [-0.2, 0) is 38.2 Å². The van der Waals surface area contributed by atoms with Gasteiger partial charge in [-0.25, -0.2) is 9.59 Å². The van der Waals surface area contributed by atoms with E-state index in [9.17, 15) is 22.8 Å². The molecule has 1 fully saturated rings. The lowest BCUT2D eigenvalue weighted by Crippen LogP contribution is -2.52. The molecule has 156 valence electrons. The van der Waals surface area contributed by atoms with Gasteiger partial charge in [0.25, 0.3) is 10.1 Å². The third kappa shape index (κ3) is 7.84. The third-order valence-corrected chi connectivity index (χ3v) is 5.32. The molecule has 0 aromatic carbocycles. The van der Waals surface area contributed by atoms with Crippen molar-refractivity contribution in [1.82, 2.24) is 5.32 Å². The lowest BCUT2D eigenvalue weighted by atomic mass is 9.87. The van der Waals surface area contributed by atoms with Crippen LogP contribution >= 0.6 is 0 Å². The Bertz CT molecular complexity index is 643. The molecule has 0 spiro atoms. The predicted molar refractivity (Wildman–Crippen MR) is 96.1 cm³/mol. The normalized spacial score (nSPS) is 20.7. The van der Waals surface area contributed by atoms with E-state index in [0.717, 1.165) is 12.8 Å². The van der Waals surface area contributed by atoms with Gasteiger partial charge in [0.2, 0.25) is 12.0 Å². The summed E-state index contributed by atoms with van der Waals surface area (Å²) in [5.74, 6) is -1.85. The first-order chi connectivity index (χ1) is 12.5. The van der Waals surface area contributed by atoms with Gasteiger partial charge in [0.1, 0.15) is 0 Å². The van der Waals surface area contributed by atoms with Gasteiger partial charge >= 0.3 is 11.9 Å². The number of carbonyl (C=O) groups is 3. The zero-order valence-corrected chi connectivity index (χ0v) is 17.1. The van der Waals surface area contributed by atoms with Crippen LogP contribution in [0.2, 0.25) is 0 Å². The fourth-order valence-electron chi connectivity index (χ4n) is 2.42. The summed E-state index contributed by atoms with van der Waals surface area (Å²) in [6.07, 6.45) is 0.0144. The van der Waals surface area contributed by atoms with Crippen LogP contribution < -0.4 is 5.32 Å². The number of rotatable bonds is 11. The molecule has 0 saturated carbocycles. The average molecular weight is 407 g/mol. The molecule has 1 rings (SSSR count). The van der Waals surface area contributed by atoms with E-state index in [0.29, 0.717) is 6.42 Å². The van der Waals surface area contributed by atoms with Crippen LogP contribution in [0, 0.1) is 5.41 Å². The van der Waals surface area contributed by atoms with Gasteiger partial charge in [-0.15, -0.1) is 0 Å². The molecule has 2 atom stereocenters. The van der Waals surface area contributed by atoms with Crippen LogP contribution in [0.15, 0.2) is 0 Å². The Kier molecular flexibility index (Phi) is 8.67. The monoisotopic (exact) mass is 407 g/mol. The second-order valence-electron chi connectivity index (χ2n) is 7.23. The topological polar surface area (TPSA) is 125 Å². The highest BCUT2D eigenvalue weighted by molar-refractivity contribution is 7.86. The molecule has 1 aliphatic rings. The second-order valence-corrected chi connectivity index (χ2v) is 8.99. The summed E-state index contributed by atoms with van der Waals surface area (Å²) in [6, 6.07) is 0. The van der Waals surface area contributed by atoms with E-state index < -0.39 is 39.7 Å². The number of amides is 1. The van der Waals surface area contributed by atoms with Gasteiger partial charge in [0.15, 0.2) is 6.10 Å². The summed E-state index contributed by atoms with van der Waals surface area (Å²) < 4.78 is 39.3. The SMILES string of the molecule is CCCCC1OC(=O)[C@@H](C(C)(C)COS(=O)(=O)CCCNC(C)=O)OC1=O. The zero-order chi connectivity index (χ0) is 20.7. The van der Waals surface area contributed by atoms with Gasteiger partial charge in [0.05, 0.1) is 12.4 Å². The summed E-state index contributed by atoms with van der Waals surface area (Å²) in [6.45, 7) is 6.28. The van der Waals surface area contributed by atoms with Crippen molar-refractivity contribution in [3.63, 3.8) is 0 Å². The van der Waals surface area contributed by atoms with Crippen molar-refractivity contribution < 1.29 is 36.5 Å². The standard InChI is InChI=1S/C17H29NO8S/c1-5-6-8-13-15(20)26-14(16(21)25-13)17(3,4)11-24-27(22,23)10-7-9-18-12(2)19/h13-14H,5-11H2,1-4H3,(H,18,19)/t13?,14-/m0/s1. The minimum absolute atomic E-state index is 0.196. The first kappa shape index (κ1) is 23.4. The smallest absolute Gasteiger partial charge is 0.348 e. The van der Waals surface area contributed by atoms with Crippen LogP contribution in [0.4, 0.5) is 0 Å². The lowest BCUT2D eigenvalue weighted by molar-refractivity contribution is -0.205. The fraction of sp³-hybridized carbons (Fsp3) is 0.824. The Balaban J connectivity index is 2.57. The Morgan fingerprint density at radius 1 is 1.19 bits per heavy atom. The van der Waals surface area contributed by atoms with Crippen LogP contribution in [0.5, 0.6) is 0 Å². The van der Waals surface area contributed by atoms with E-state index in [-0.39, 0.29) is 31.2 Å². The van der Waals surface area contributed by atoms with Gasteiger partial charge in [0, 0.05) is 18.9 Å². The van der Waals surface area contributed by atoms with E-state index in [1.165, 1.54) is 6.92 Å². The molecular formula is C17H29NO8S. The third-order valence-electron chi connectivity index (χ3n) is 4.05. The molecular weight excluding hydrogens is 378 g/mol. The number of hydrogen-bond donors (Lipinski definition) is 1. The fourth-order valence-corrected chi connectivity index (χ4v) is 3.52. The van der Waals surface area contributed by atoms with E-state index in [1.54, 1.807) is 13.8 Å². The molecule has 9 nitrogen and oxygen atoms in total. The minimum atomic E-state index is -3.85. The van der Waals surface area contributed by atoms with Crippen molar-refractivity contribution in [3.05, 3.63) is 0 Å². The van der Waals surface area contributed by atoms with Crippen LogP contribution in [-0.4, -0.2) is 57.4 Å². The summed E-state index contributed by atoms with van der Waals surface area (Å²) in [5, 5.41) is 2.49. The molecule has 0 aliphatic carbocycles. The predicted octanol–water partition coefficient (Wildman–Crippen LogP) is 0.913. The first-order valence-corrected chi connectivity index (χ1v) is 10.6. The van der Waals surface area contributed by atoms with Crippen molar-refractivity contribution in [3.8, 4) is 0 Å². The summed E-state index contributed by atoms with van der Waals surface area (Å²) in [4.78, 5) is 35.0. The van der Waals surface area contributed by atoms with Crippen molar-refractivity contribution in [2.75, 3.05) is 18.9 Å². The van der Waals surface area contributed by atoms with Gasteiger partial charge in [-0.3, -0.25) is 8.98 Å². The Morgan fingerprint density at radius 3 is 2.44 bits per heavy atom. The van der Waals surface area contributed by atoms with Gasteiger partial charge in [-0.1, -0.05) is 27.2 Å². The highest BCUT2D eigenvalue weighted by atomic mass is 32.2. The largest absolute Gasteiger partial charge is 0.448 e. The number of unbranched alkanes of at least 4 members (excludes halogenated alkanes) is 1. The number of hydrogen-bond acceptors (Lipinski definition) is 8. The van der Waals surface area contributed by atoms with E-state index >= 15 is 0 Å². The summed E-state index contributed by atoms with van der Waals surface area (Å²) >= 11 is 0. The molecule has 0 aromatic rings. The Hall–Kier alpha value is -1.68. The molecule has 0 aromatic heterocycles. The zero-order valence-electron chi connectivity index (χ0n) is 16.3. The Morgan fingerprint density at radius 2 is 1.85 bits per heavy atom. The molecule has 1 heterocycles. The van der Waals surface area contributed by atoms with Crippen molar-refractivity contribution in [2.24, 2.45) is 5.41 Å². The number of carbonyl (C=O) groups excluding carboxylic acids is 3. The highest BCUT2D eigenvalue weighted by Crippen LogP contribution is 2.30. The number of cyclic esters (lactones) is 2. The van der Waals surface area contributed by atoms with Crippen molar-refractivity contribution in [1.29, 1.82) is 0 Å². The molecule has 0 radical (unpaired) electrons. The van der Waals surface area contributed by atoms with Gasteiger partial charge in [-0.2, -0.15) is 8.42 Å². The first-order valence-electron chi connectivity index (χ1n) is 9.01. The van der Waals surface area contributed by atoms with E-state index in [2.05, 4.69) is 5.32 Å². The average Bonchev–Trinajstić information content (AvgIpc) is 2.57. The Labute approximate surface area is 160 Å². The van der Waals surface area contributed by atoms with Gasteiger partial charge < -0.3 is 14.8 Å². The maximum absolute atomic E-state index is 12.2. The molecule has 10 heteroatoms. The molecule has 1 unspecified atom stereocenters. The highest BCUT2D eigenvalue weighted by Gasteiger charge is 2.47. The second kappa shape index (κ2) is 10.0. The lowest BCUT2D eigenvalue weighted by Gasteiger charge is -2.36. The molecule has 0 bridgehead atoms. The summed E-state index contributed by atoms with van der Waals surface area (Å²) in [7, 11) is -3.85. The summed E-state index contributed by atoms with van der Waals surface area (Å²) in [5.41, 5.74) is -1.09. The van der Waals surface area contributed by atoms with Crippen LogP contribution in [0.25, 0.3) is 0 Å². The van der Waals surface area contributed by atoms with Gasteiger partial charge in [-0.05, 0) is 19.3 Å². The quantitative estimate of drug-likeness (QED) is 0.304. The maximum atomic E-state index is 12.2. The van der Waals surface area contributed by atoms with Crippen LogP contribution in [0.3, 0.4) is 0 Å². The van der Waals surface area contributed by atoms with Crippen LogP contribution in [0.1, 0.15) is 53.4 Å². The molecule has 1 amide bonds. The number of ether oxygens (including phenoxy) is 2.